The highest BCUT2D eigenvalue weighted by Crippen LogP contribution is 2.14. The summed E-state index contributed by atoms with van der Waals surface area (Å²) in [5, 5.41) is 28.8. The lowest BCUT2D eigenvalue weighted by atomic mass is 10.0. The standard InChI is InChI=1S/C21H45NO3/c1-22-20(23)18-16-14-12-10-8-6-4-2-3-5-7-9-11-13-15-17-19-21(24)25/h20-25H,2-19H2,1H3/p+1. The molecule has 0 heterocycles. The molecule has 0 aliphatic carbocycles. The van der Waals surface area contributed by atoms with Gasteiger partial charge in [0.1, 0.15) is 0 Å². The predicted molar refractivity (Wildman–Crippen MR) is 105 cm³/mol. The van der Waals surface area contributed by atoms with E-state index < -0.39 is 6.29 Å². The second-order valence-corrected chi connectivity index (χ2v) is 7.62. The SMILES string of the molecule is C[NH2+]C(O)CCCCCCCCCCCCCCCCCCC(O)O. The fourth-order valence-electron chi connectivity index (χ4n) is 3.32. The Balaban J connectivity index is 3.01. The molecule has 0 aliphatic rings. The maximum atomic E-state index is 9.43. The van der Waals surface area contributed by atoms with E-state index >= 15 is 0 Å². The van der Waals surface area contributed by atoms with Crippen LogP contribution in [0.2, 0.25) is 0 Å². The van der Waals surface area contributed by atoms with Crippen molar-refractivity contribution in [2.75, 3.05) is 7.05 Å². The van der Waals surface area contributed by atoms with Crippen molar-refractivity contribution in [3.63, 3.8) is 0 Å². The van der Waals surface area contributed by atoms with Crippen LogP contribution >= 0.6 is 0 Å². The molecular formula is C21H46NO3+. The highest BCUT2D eigenvalue weighted by molar-refractivity contribution is 4.51. The van der Waals surface area contributed by atoms with Crippen LogP contribution in [0.1, 0.15) is 116 Å². The quantitative estimate of drug-likeness (QED) is 0.197. The van der Waals surface area contributed by atoms with E-state index in [2.05, 4.69) is 0 Å². The summed E-state index contributed by atoms with van der Waals surface area (Å²) in [5.41, 5.74) is 0. The van der Waals surface area contributed by atoms with E-state index in [1.807, 2.05) is 12.4 Å². The number of rotatable bonds is 20. The van der Waals surface area contributed by atoms with Crippen LogP contribution in [0.25, 0.3) is 0 Å². The molecule has 0 fully saturated rings. The summed E-state index contributed by atoms with van der Waals surface area (Å²) < 4.78 is 0. The number of unbranched alkanes of at least 4 members (excludes halogenated alkanes) is 15. The average molecular weight is 361 g/mol. The van der Waals surface area contributed by atoms with Crippen LogP contribution in [0, 0.1) is 0 Å². The number of hydrogen-bond donors (Lipinski definition) is 4. The van der Waals surface area contributed by atoms with Crippen molar-refractivity contribution in [2.45, 2.75) is 128 Å². The van der Waals surface area contributed by atoms with Crippen LogP contribution in [0.3, 0.4) is 0 Å². The minimum Gasteiger partial charge on any atom is -0.368 e. The van der Waals surface area contributed by atoms with Gasteiger partial charge in [-0.1, -0.05) is 89.9 Å². The topological polar surface area (TPSA) is 77.3 Å². The van der Waals surface area contributed by atoms with Gasteiger partial charge >= 0.3 is 0 Å². The molecule has 0 bridgehead atoms. The molecule has 0 saturated heterocycles. The summed E-state index contributed by atoms with van der Waals surface area (Å²) in [6.45, 7) is 0. The molecule has 1 unspecified atom stereocenters. The third kappa shape index (κ3) is 21.8. The molecule has 0 aliphatic heterocycles. The third-order valence-corrected chi connectivity index (χ3v) is 5.10. The number of aliphatic hydroxyl groups excluding tert-OH is 2. The van der Waals surface area contributed by atoms with Gasteiger partial charge in [0.15, 0.2) is 12.5 Å². The van der Waals surface area contributed by atoms with Gasteiger partial charge in [-0.2, -0.15) is 0 Å². The van der Waals surface area contributed by atoms with Crippen molar-refractivity contribution >= 4 is 0 Å². The maximum absolute atomic E-state index is 9.43. The fourth-order valence-corrected chi connectivity index (χ4v) is 3.32. The molecule has 0 rings (SSSR count). The van der Waals surface area contributed by atoms with Crippen LogP contribution in [0.4, 0.5) is 0 Å². The molecule has 0 aromatic heterocycles. The normalized spacial score (nSPS) is 12.8. The predicted octanol–water partition coefficient (Wildman–Crippen LogP) is 3.83. The lowest BCUT2D eigenvalue weighted by Gasteiger charge is -2.06. The van der Waals surface area contributed by atoms with Gasteiger partial charge < -0.3 is 20.6 Å². The van der Waals surface area contributed by atoms with Gasteiger partial charge in [0.25, 0.3) is 0 Å². The Labute approximate surface area is 156 Å². The smallest absolute Gasteiger partial charge is 0.187 e. The minimum absolute atomic E-state index is 0.194. The van der Waals surface area contributed by atoms with Crippen molar-refractivity contribution in [1.29, 1.82) is 0 Å². The van der Waals surface area contributed by atoms with Crippen LogP contribution in [0.15, 0.2) is 0 Å². The molecule has 4 heteroatoms. The van der Waals surface area contributed by atoms with Gasteiger partial charge in [0, 0.05) is 6.42 Å². The van der Waals surface area contributed by atoms with Gasteiger partial charge in [-0.25, -0.2) is 0 Å². The Kier molecular flexibility index (Phi) is 20.0. The average Bonchev–Trinajstić information content (AvgIpc) is 2.60. The Bertz CT molecular complexity index is 249. The van der Waals surface area contributed by atoms with Crippen LogP contribution in [-0.4, -0.2) is 34.9 Å². The molecule has 4 nitrogen and oxygen atoms in total. The van der Waals surface area contributed by atoms with Gasteiger partial charge in [0.05, 0.1) is 7.05 Å². The van der Waals surface area contributed by atoms with Crippen molar-refractivity contribution in [3.05, 3.63) is 0 Å². The van der Waals surface area contributed by atoms with Gasteiger partial charge in [-0.15, -0.1) is 0 Å². The second-order valence-electron chi connectivity index (χ2n) is 7.62. The highest BCUT2D eigenvalue weighted by atomic mass is 16.5. The zero-order chi connectivity index (χ0) is 18.6. The zero-order valence-electron chi connectivity index (χ0n) is 16.8. The van der Waals surface area contributed by atoms with E-state index in [1.54, 1.807) is 0 Å². The Morgan fingerprint density at radius 2 is 0.760 bits per heavy atom. The first-order chi connectivity index (χ1) is 12.2. The molecule has 0 aromatic carbocycles. The summed E-state index contributed by atoms with van der Waals surface area (Å²) >= 11 is 0. The molecule has 25 heavy (non-hydrogen) atoms. The third-order valence-electron chi connectivity index (χ3n) is 5.10. The molecule has 0 amide bonds. The lowest BCUT2D eigenvalue weighted by Crippen LogP contribution is -2.86. The molecule has 0 aromatic rings. The number of quaternary nitrogens is 1. The van der Waals surface area contributed by atoms with Gasteiger partial charge in [0.2, 0.25) is 0 Å². The van der Waals surface area contributed by atoms with Crippen LogP contribution in [-0.2, 0) is 0 Å². The molecule has 152 valence electrons. The number of nitrogens with two attached hydrogens (primary N) is 1. The summed E-state index contributed by atoms with van der Waals surface area (Å²) in [4.78, 5) is 0. The Morgan fingerprint density at radius 1 is 0.480 bits per heavy atom. The first kappa shape index (κ1) is 24.8. The van der Waals surface area contributed by atoms with Crippen LogP contribution in [0.5, 0.6) is 0 Å². The largest absolute Gasteiger partial charge is 0.368 e. The highest BCUT2D eigenvalue weighted by Gasteiger charge is 2.02. The van der Waals surface area contributed by atoms with E-state index in [0.717, 1.165) is 25.7 Å². The molecule has 0 saturated carbocycles. The van der Waals surface area contributed by atoms with Crippen molar-refractivity contribution in [1.82, 2.24) is 0 Å². The molecular weight excluding hydrogens is 314 g/mol. The molecule has 5 N–H and O–H groups in total. The van der Waals surface area contributed by atoms with Crippen molar-refractivity contribution in [3.8, 4) is 0 Å². The Hall–Kier alpha value is -0.160. The second kappa shape index (κ2) is 20.2. The summed E-state index contributed by atoms with van der Waals surface area (Å²) in [6.07, 6.45) is 20.9. The van der Waals surface area contributed by atoms with Gasteiger partial charge in [-0.05, 0) is 19.3 Å². The molecule has 0 spiro atoms. The summed E-state index contributed by atoms with van der Waals surface area (Å²) in [7, 11) is 1.93. The van der Waals surface area contributed by atoms with E-state index in [1.165, 1.54) is 83.5 Å². The molecule has 1 atom stereocenters. The number of hydrogen-bond acceptors (Lipinski definition) is 3. The van der Waals surface area contributed by atoms with E-state index in [0.29, 0.717) is 6.42 Å². The van der Waals surface area contributed by atoms with E-state index in [4.69, 9.17) is 10.2 Å². The maximum Gasteiger partial charge on any atom is 0.187 e. The first-order valence-electron chi connectivity index (χ1n) is 11.0. The lowest BCUT2D eigenvalue weighted by molar-refractivity contribution is -0.701. The zero-order valence-corrected chi connectivity index (χ0v) is 16.8. The first-order valence-corrected chi connectivity index (χ1v) is 11.0. The fraction of sp³-hybridized carbons (Fsp3) is 1.00. The Morgan fingerprint density at radius 3 is 1.04 bits per heavy atom. The van der Waals surface area contributed by atoms with Gasteiger partial charge in [-0.3, -0.25) is 0 Å². The summed E-state index contributed by atoms with van der Waals surface area (Å²) in [5.74, 6) is 0. The summed E-state index contributed by atoms with van der Waals surface area (Å²) in [6, 6.07) is 0. The number of aliphatic hydroxyl groups is 3. The monoisotopic (exact) mass is 360 g/mol. The van der Waals surface area contributed by atoms with Crippen LogP contribution < -0.4 is 5.32 Å². The molecule has 0 radical (unpaired) electrons. The van der Waals surface area contributed by atoms with Crippen molar-refractivity contribution in [2.24, 2.45) is 0 Å². The van der Waals surface area contributed by atoms with E-state index in [-0.39, 0.29) is 6.23 Å². The minimum atomic E-state index is -1.11. The van der Waals surface area contributed by atoms with E-state index in [9.17, 15) is 5.11 Å². The van der Waals surface area contributed by atoms with Crippen molar-refractivity contribution < 1.29 is 20.6 Å².